The number of benzene rings is 1. The van der Waals surface area contributed by atoms with Crippen LogP contribution in [-0.2, 0) is 13.1 Å². The maximum absolute atomic E-state index is 13.8. The van der Waals surface area contributed by atoms with Crippen LogP contribution < -0.4 is 0 Å². The summed E-state index contributed by atoms with van der Waals surface area (Å²) < 4.78 is 28.8. The van der Waals surface area contributed by atoms with E-state index >= 15 is 0 Å². The van der Waals surface area contributed by atoms with Gasteiger partial charge in [-0.25, -0.2) is 8.78 Å². The van der Waals surface area contributed by atoms with Crippen molar-refractivity contribution < 1.29 is 8.78 Å². The summed E-state index contributed by atoms with van der Waals surface area (Å²) in [6.45, 7) is 0.873. The van der Waals surface area contributed by atoms with Crippen LogP contribution in [0.15, 0.2) is 31.8 Å². The molecule has 1 aromatic carbocycles. The van der Waals surface area contributed by atoms with Crippen molar-refractivity contribution in [2.45, 2.75) is 13.1 Å². The summed E-state index contributed by atoms with van der Waals surface area (Å²) >= 11 is 8.07. The standard InChI is InChI=1S/C13H11Br2F2NS/c1-18(5-8-4-12(15)19-7-8)6-9-11(16)3-2-10(14)13(9)17/h2-4,7H,5-6H2,1H3. The smallest absolute Gasteiger partial charge is 0.144 e. The van der Waals surface area contributed by atoms with E-state index in [1.54, 1.807) is 11.3 Å². The SMILES string of the molecule is CN(Cc1csc(Br)c1)Cc1c(F)ccc(Br)c1F. The summed E-state index contributed by atoms with van der Waals surface area (Å²) in [6, 6.07) is 4.66. The van der Waals surface area contributed by atoms with Crippen molar-refractivity contribution >= 4 is 43.2 Å². The fraction of sp³-hybridized carbons (Fsp3) is 0.231. The normalized spacial score (nSPS) is 11.3. The third-order valence-electron chi connectivity index (χ3n) is 2.64. The minimum atomic E-state index is -0.529. The molecule has 102 valence electrons. The molecule has 0 atom stereocenters. The summed E-state index contributed by atoms with van der Waals surface area (Å²) in [5.41, 5.74) is 1.21. The number of hydrogen-bond donors (Lipinski definition) is 0. The van der Waals surface area contributed by atoms with Crippen LogP contribution in [0.1, 0.15) is 11.1 Å². The molecule has 0 bridgehead atoms. The molecule has 1 nitrogen and oxygen atoms in total. The van der Waals surface area contributed by atoms with Gasteiger partial charge in [0.05, 0.1) is 8.26 Å². The molecule has 0 fully saturated rings. The van der Waals surface area contributed by atoms with E-state index in [9.17, 15) is 8.78 Å². The van der Waals surface area contributed by atoms with Gasteiger partial charge in [0.15, 0.2) is 0 Å². The van der Waals surface area contributed by atoms with Crippen molar-refractivity contribution in [2.24, 2.45) is 0 Å². The van der Waals surface area contributed by atoms with Crippen LogP contribution in [0.2, 0.25) is 0 Å². The predicted octanol–water partition coefficient (Wildman–Crippen LogP) is 5.18. The molecule has 0 radical (unpaired) electrons. The van der Waals surface area contributed by atoms with Gasteiger partial charge in [-0.15, -0.1) is 11.3 Å². The highest BCUT2D eigenvalue weighted by Gasteiger charge is 2.14. The Kier molecular flexibility index (Phi) is 5.11. The molecule has 2 rings (SSSR count). The van der Waals surface area contributed by atoms with Gasteiger partial charge in [0.2, 0.25) is 0 Å². The zero-order chi connectivity index (χ0) is 14.0. The van der Waals surface area contributed by atoms with Crippen molar-refractivity contribution in [2.75, 3.05) is 7.05 Å². The van der Waals surface area contributed by atoms with E-state index in [1.807, 2.05) is 23.4 Å². The van der Waals surface area contributed by atoms with Crippen molar-refractivity contribution in [1.29, 1.82) is 0 Å². The van der Waals surface area contributed by atoms with Crippen molar-refractivity contribution in [3.05, 3.63) is 54.6 Å². The van der Waals surface area contributed by atoms with Gasteiger partial charge in [-0.3, -0.25) is 4.90 Å². The highest BCUT2D eigenvalue weighted by molar-refractivity contribution is 9.11. The molecule has 0 amide bonds. The predicted molar refractivity (Wildman–Crippen MR) is 81.2 cm³/mol. The Labute approximate surface area is 131 Å². The molecule has 1 heterocycles. The zero-order valence-corrected chi connectivity index (χ0v) is 14.1. The van der Waals surface area contributed by atoms with Gasteiger partial charge < -0.3 is 0 Å². The lowest BCUT2D eigenvalue weighted by Gasteiger charge is -2.17. The van der Waals surface area contributed by atoms with Crippen LogP contribution in [0, 0.1) is 11.6 Å². The van der Waals surface area contributed by atoms with E-state index in [2.05, 4.69) is 31.9 Å². The number of hydrogen-bond acceptors (Lipinski definition) is 2. The van der Waals surface area contributed by atoms with E-state index in [-0.39, 0.29) is 16.6 Å². The van der Waals surface area contributed by atoms with Gasteiger partial charge >= 0.3 is 0 Å². The van der Waals surface area contributed by atoms with E-state index in [4.69, 9.17) is 0 Å². The number of nitrogens with zero attached hydrogens (tertiary/aromatic N) is 1. The van der Waals surface area contributed by atoms with Crippen molar-refractivity contribution in [1.82, 2.24) is 4.90 Å². The summed E-state index contributed by atoms with van der Waals surface area (Å²) in [6.07, 6.45) is 0. The first kappa shape index (κ1) is 15.1. The molecule has 6 heteroatoms. The lowest BCUT2D eigenvalue weighted by atomic mass is 10.2. The topological polar surface area (TPSA) is 3.24 Å². The van der Waals surface area contributed by atoms with Crippen LogP contribution in [0.25, 0.3) is 0 Å². The lowest BCUT2D eigenvalue weighted by molar-refractivity contribution is 0.307. The van der Waals surface area contributed by atoms with Crippen molar-refractivity contribution in [3.63, 3.8) is 0 Å². The summed E-state index contributed by atoms with van der Waals surface area (Å²) in [7, 11) is 1.84. The average Bonchev–Trinajstić information content (AvgIpc) is 2.75. The second-order valence-electron chi connectivity index (χ2n) is 4.25. The molecule has 0 saturated carbocycles. The first-order valence-electron chi connectivity index (χ1n) is 5.51. The van der Waals surface area contributed by atoms with E-state index < -0.39 is 11.6 Å². The van der Waals surface area contributed by atoms with Gasteiger partial charge in [-0.05, 0) is 68.1 Å². The Morgan fingerprint density at radius 2 is 1.95 bits per heavy atom. The lowest BCUT2D eigenvalue weighted by Crippen LogP contribution is -2.18. The quantitative estimate of drug-likeness (QED) is 0.627. The van der Waals surface area contributed by atoms with E-state index in [0.717, 1.165) is 9.35 Å². The molecule has 0 saturated heterocycles. The number of halogens is 4. The van der Waals surface area contributed by atoms with E-state index in [1.165, 1.54) is 12.1 Å². The first-order chi connectivity index (χ1) is 8.97. The second kappa shape index (κ2) is 6.43. The highest BCUT2D eigenvalue weighted by atomic mass is 79.9. The van der Waals surface area contributed by atoms with E-state index in [0.29, 0.717) is 6.54 Å². The molecule has 2 aromatic rings. The third-order valence-corrected chi connectivity index (χ3v) is 4.81. The molecule has 19 heavy (non-hydrogen) atoms. The van der Waals surface area contributed by atoms with Crippen LogP contribution in [0.5, 0.6) is 0 Å². The number of thiophene rings is 1. The first-order valence-corrected chi connectivity index (χ1v) is 7.97. The molecule has 0 N–H and O–H groups in total. The summed E-state index contributed by atoms with van der Waals surface area (Å²) in [4.78, 5) is 1.88. The van der Waals surface area contributed by atoms with Gasteiger partial charge in [0, 0.05) is 18.7 Å². The van der Waals surface area contributed by atoms with Crippen molar-refractivity contribution in [3.8, 4) is 0 Å². The molecule has 0 spiro atoms. The van der Waals surface area contributed by atoms with Gasteiger partial charge in [-0.2, -0.15) is 0 Å². The van der Waals surface area contributed by atoms with Gasteiger partial charge in [0.1, 0.15) is 11.6 Å². The monoisotopic (exact) mass is 409 g/mol. The van der Waals surface area contributed by atoms with Crippen LogP contribution in [0.3, 0.4) is 0 Å². The van der Waals surface area contributed by atoms with Crippen LogP contribution >= 0.6 is 43.2 Å². The van der Waals surface area contributed by atoms with Crippen LogP contribution in [-0.4, -0.2) is 11.9 Å². The fourth-order valence-corrected chi connectivity index (χ4v) is 3.35. The third kappa shape index (κ3) is 3.84. The number of rotatable bonds is 4. The molecular formula is C13H11Br2F2NS. The highest BCUT2D eigenvalue weighted by Crippen LogP contribution is 2.24. The Hall–Kier alpha value is -0.300. The molecule has 0 aliphatic heterocycles. The Morgan fingerprint density at radius 3 is 2.58 bits per heavy atom. The second-order valence-corrected chi connectivity index (χ2v) is 7.40. The van der Waals surface area contributed by atoms with Gasteiger partial charge in [0.25, 0.3) is 0 Å². The zero-order valence-electron chi connectivity index (χ0n) is 10.1. The Balaban J connectivity index is 2.11. The molecular weight excluding hydrogens is 400 g/mol. The average molecular weight is 411 g/mol. The molecule has 0 aliphatic carbocycles. The molecule has 1 aromatic heterocycles. The Morgan fingerprint density at radius 1 is 1.21 bits per heavy atom. The minimum absolute atomic E-state index is 0.0890. The summed E-state index contributed by atoms with van der Waals surface area (Å²) in [5.74, 6) is -1.04. The minimum Gasteiger partial charge on any atom is -0.298 e. The maximum Gasteiger partial charge on any atom is 0.144 e. The molecule has 0 aliphatic rings. The molecule has 0 unspecified atom stereocenters. The Bertz CT molecular complexity index is 586. The largest absolute Gasteiger partial charge is 0.298 e. The van der Waals surface area contributed by atoms with Crippen LogP contribution in [0.4, 0.5) is 8.78 Å². The maximum atomic E-state index is 13.8. The fourth-order valence-electron chi connectivity index (χ4n) is 1.78. The van der Waals surface area contributed by atoms with Gasteiger partial charge in [-0.1, -0.05) is 0 Å². The summed E-state index contributed by atoms with van der Waals surface area (Å²) in [5, 5.41) is 2.02.